The maximum atomic E-state index is 12.4. The maximum absolute atomic E-state index is 12.4. The average molecular weight is 278 g/mol. The van der Waals surface area contributed by atoms with Crippen LogP contribution in [0.5, 0.6) is 0 Å². The first-order valence-corrected chi connectivity index (χ1v) is 6.66. The van der Waals surface area contributed by atoms with E-state index in [0.29, 0.717) is 23.6 Å². The molecule has 0 unspecified atom stereocenters. The quantitative estimate of drug-likeness (QED) is 0.690. The number of anilines is 1. The number of nitrogens with zero attached hydrogens (tertiary/aromatic N) is 1. The Morgan fingerprint density at radius 2 is 1.67 bits per heavy atom. The summed E-state index contributed by atoms with van der Waals surface area (Å²) in [5, 5.41) is 4.18. The van der Waals surface area contributed by atoms with Crippen LogP contribution in [0.25, 0.3) is 0 Å². The van der Waals surface area contributed by atoms with Gasteiger partial charge in [-0.25, -0.2) is 0 Å². The second kappa shape index (κ2) is 6.05. The molecule has 1 N–H and O–H groups in total. The van der Waals surface area contributed by atoms with Crippen LogP contribution in [-0.2, 0) is 4.74 Å². The van der Waals surface area contributed by atoms with Gasteiger partial charge in [0.1, 0.15) is 6.61 Å². The predicted molar refractivity (Wildman–Crippen MR) is 82.3 cm³/mol. The zero-order valence-electron chi connectivity index (χ0n) is 11.3. The van der Waals surface area contributed by atoms with Crippen molar-refractivity contribution < 1.29 is 9.53 Å². The van der Waals surface area contributed by atoms with Gasteiger partial charge in [-0.3, -0.25) is 10.2 Å². The van der Waals surface area contributed by atoms with E-state index in [1.165, 1.54) is 0 Å². The minimum Gasteiger partial charge on any atom is -0.472 e. The SMILES string of the molecule is O=C(C1=CCOC1=NNc1ccccc1)c1ccccc1. The van der Waals surface area contributed by atoms with Crippen LogP contribution < -0.4 is 5.43 Å². The molecule has 21 heavy (non-hydrogen) atoms. The monoisotopic (exact) mass is 278 g/mol. The van der Waals surface area contributed by atoms with Crippen molar-refractivity contribution in [3.63, 3.8) is 0 Å². The number of hydrazone groups is 1. The van der Waals surface area contributed by atoms with E-state index in [-0.39, 0.29) is 5.78 Å². The van der Waals surface area contributed by atoms with Crippen molar-refractivity contribution in [3.05, 3.63) is 77.9 Å². The van der Waals surface area contributed by atoms with E-state index in [2.05, 4.69) is 10.5 Å². The largest absolute Gasteiger partial charge is 0.472 e. The highest BCUT2D eigenvalue weighted by atomic mass is 16.5. The average Bonchev–Trinajstić information content (AvgIpc) is 3.02. The molecule has 0 aliphatic carbocycles. The van der Waals surface area contributed by atoms with Crippen molar-refractivity contribution in [1.29, 1.82) is 0 Å². The Balaban J connectivity index is 1.78. The van der Waals surface area contributed by atoms with Gasteiger partial charge in [-0.15, -0.1) is 5.10 Å². The zero-order valence-corrected chi connectivity index (χ0v) is 11.3. The number of Topliss-reactive ketones (excluding diaryl/α,β-unsaturated/α-hetero) is 1. The van der Waals surface area contributed by atoms with Crippen molar-refractivity contribution in [2.75, 3.05) is 12.0 Å². The summed E-state index contributed by atoms with van der Waals surface area (Å²) in [5.74, 6) is 0.245. The Kier molecular flexibility index (Phi) is 3.78. The lowest BCUT2D eigenvalue weighted by molar-refractivity contribution is 0.103. The van der Waals surface area contributed by atoms with Crippen LogP contribution in [0.2, 0.25) is 0 Å². The van der Waals surface area contributed by atoms with Crippen molar-refractivity contribution >= 4 is 17.4 Å². The van der Waals surface area contributed by atoms with Crippen LogP contribution in [0, 0.1) is 0 Å². The minimum absolute atomic E-state index is 0.0817. The van der Waals surface area contributed by atoms with E-state index in [1.807, 2.05) is 48.5 Å². The standard InChI is InChI=1S/C17H14N2O2/c20-16(13-7-3-1-4-8-13)15-11-12-21-17(15)19-18-14-9-5-2-6-10-14/h1-11,18H,12H2. The van der Waals surface area contributed by atoms with Crippen LogP contribution in [0.3, 0.4) is 0 Å². The number of nitrogens with one attached hydrogen (secondary N) is 1. The van der Waals surface area contributed by atoms with Crippen molar-refractivity contribution in [2.45, 2.75) is 0 Å². The van der Waals surface area contributed by atoms with Gasteiger partial charge in [0.05, 0.1) is 11.3 Å². The van der Waals surface area contributed by atoms with Gasteiger partial charge in [0.25, 0.3) is 0 Å². The molecule has 0 radical (unpaired) electrons. The lowest BCUT2D eigenvalue weighted by Crippen LogP contribution is -2.12. The molecule has 1 aliphatic rings. The molecule has 1 heterocycles. The van der Waals surface area contributed by atoms with E-state index >= 15 is 0 Å². The molecule has 4 nitrogen and oxygen atoms in total. The molecule has 0 spiro atoms. The lowest BCUT2D eigenvalue weighted by Gasteiger charge is -2.05. The summed E-state index contributed by atoms with van der Waals surface area (Å²) in [5.41, 5.74) is 4.85. The van der Waals surface area contributed by atoms with E-state index in [0.717, 1.165) is 5.69 Å². The molecule has 0 fully saturated rings. The van der Waals surface area contributed by atoms with Crippen LogP contribution in [0.1, 0.15) is 10.4 Å². The number of hydrogen-bond acceptors (Lipinski definition) is 4. The number of carbonyl (C=O) groups excluding carboxylic acids is 1. The van der Waals surface area contributed by atoms with Crippen LogP contribution >= 0.6 is 0 Å². The van der Waals surface area contributed by atoms with Gasteiger partial charge in [-0.2, -0.15) is 0 Å². The number of benzene rings is 2. The number of ether oxygens (including phenoxy) is 1. The van der Waals surface area contributed by atoms with E-state index in [9.17, 15) is 4.79 Å². The summed E-state index contributed by atoms with van der Waals surface area (Å²) in [6.07, 6.45) is 1.75. The van der Waals surface area contributed by atoms with Gasteiger partial charge in [-0.1, -0.05) is 48.5 Å². The Morgan fingerprint density at radius 3 is 2.38 bits per heavy atom. The van der Waals surface area contributed by atoms with Crippen LogP contribution in [0.15, 0.2) is 77.4 Å². The van der Waals surface area contributed by atoms with Gasteiger partial charge in [-0.05, 0) is 18.2 Å². The van der Waals surface area contributed by atoms with Gasteiger partial charge in [0.15, 0.2) is 5.78 Å². The highest BCUT2D eigenvalue weighted by molar-refractivity contribution is 6.26. The molecule has 104 valence electrons. The predicted octanol–water partition coefficient (Wildman–Crippen LogP) is 3.25. The number of carbonyl (C=O) groups is 1. The molecule has 1 aliphatic heterocycles. The first kappa shape index (κ1) is 13.1. The number of hydrogen-bond donors (Lipinski definition) is 1. The molecule has 0 atom stereocenters. The fourth-order valence-electron chi connectivity index (χ4n) is 2.02. The van der Waals surface area contributed by atoms with Gasteiger partial charge in [0.2, 0.25) is 5.90 Å². The molecule has 4 heteroatoms. The highest BCUT2D eigenvalue weighted by Gasteiger charge is 2.23. The zero-order chi connectivity index (χ0) is 14.5. The second-order valence-corrected chi connectivity index (χ2v) is 4.52. The van der Waals surface area contributed by atoms with E-state index in [1.54, 1.807) is 18.2 Å². The molecule has 0 saturated heterocycles. The smallest absolute Gasteiger partial charge is 0.242 e. The minimum atomic E-state index is -0.0817. The lowest BCUT2D eigenvalue weighted by atomic mass is 10.0. The molecule has 0 bridgehead atoms. The number of rotatable bonds is 4. The summed E-state index contributed by atoms with van der Waals surface area (Å²) < 4.78 is 5.40. The first-order chi connectivity index (χ1) is 10.3. The third-order valence-electron chi connectivity index (χ3n) is 3.08. The summed E-state index contributed by atoms with van der Waals surface area (Å²) >= 11 is 0. The third kappa shape index (κ3) is 3.00. The fraction of sp³-hybridized carbons (Fsp3) is 0.0588. The fourth-order valence-corrected chi connectivity index (χ4v) is 2.02. The van der Waals surface area contributed by atoms with Crippen molar-refractivity contribution in [2.24, 2.45) is 5.10 Å². The molecular formula is C17H14N2O2. The highest BCUT2D eigenvalue weighted by Crippen LogP contribution is 2.16. The molecule has 0 aromatic heterocycles. The van der Waals surface area contributed by atoms with E-state index in [4.69, 9.17) is 4.74 Å². The van der Waals surface area contributed by atoms with Crippen molar-refractivity contribution in [1.82, 2.24) is 0 Å². The molecule has 2 aromatic carbocycles. The van der Waals surface area contributed by atoms with E-state index < -0.39 is 0 Å². The third-order valence-corrected chi connectivity index (χ3v) is 3.08. The second-order valence-electron chi connectivity index (χ2n) is 4.52. The Bertz CT molecular complexity index is 691. The maximum Gasteiger partial charge on any atom is 0.242 e. The molecular weight excluding hydrogens is 264 g/mol. The van der Waals surface area contributed by atoms with Crippen molar-refractivity contribution in [3.8, 4) is 0 Å². The molecule has 0 amide bonds. The Hall–Kier alpha value is -2.88. The first-order valence-electron chi connectivity index (χ1n) is 6.66. The summed E-state index contributed by atoms with van der Waals surface area (Å²) in [4.78, 5) is 12.4. The number of ketones is 1. The Labute approximate surface area is 122 Å². The summed E-state index contributed by atoms with van der Waals surface area (Å²) in [6.45, 7) is 0.364. The summed E-state index contributed by atoms with van der Waals surface area (Å²) in [7, 11) is 0. The van der Waals surface area contributed by atoms with Crippen LogP contribution in [-0.4, -0.2) is 18.3 Å². The summed E-state index contributed by atoms with van der Waals surface area (Å²) in [6, 6.07) is 18.6. The van der Waals surface area contributed by atoms with Crippen LogP contribution in [0.4, 0.5) is 5.69 Å². The van der Waals surface area contributed by atoms with Gasteiger partial charge in [0, 0.05) is 5.56 Å². The number of para-hydroxylation sites is 1. The molecule has 2 aromatic rings. The Morgan fingerprint density at radius 1 is 1.00 bits per heavy atom. The topological polar surface area (TPSA) is 50.7 Å². The van der Waals surface area contributed by atoms with Gasteiger partial charge >= 0.3 is 0 Å². The normalized spacial score (nSPS) is 15.4. The van der Waals surface area contributed by atoms with Gasteiger partial charge < -0.3 is 4.74 Å². The molecule has 3 rings (SSSR count). The molecule has 0 saturated carbocycles.